The number of aliphatic hydroxyl groups excluding tert-OH is 1. The van der Waals surface area contributed by atoms with Crippen LogP contribution in [-0.4, -0.2) is 21.9 Å². The third-order valence-electron chi connectivity index (χ3n) is 2.53. The van der Waals surface area contributed by atoms with Crippen LogP contribution in [0.5, 0.6) is 0 Å². The fourth-order valence-corrected chi connectivity index (χ4v) is 1.53. The van der Waals surface area contributed by atoms with E-state index < -0.39 is 11.7 Å². The zero-order valence-corrected chi connectivity index (χ0v) is 7.12. The maximum Gasteiger partial charge on any atom is 0.109 e. The van der Waals surface area contributed by atoms with Gasteiger partial charge >= 0.3 is 0 Å². The molecular weight excluding hydrogens is 140 g/mol. The van der Waals surface area contributed by atoms with Crippen LogP contribution >= 0.6 is 0 Å². The summed E-state index contributed by atoms with van der Waals surface area (Å²) in [7, 11) is 0. The average Bonchev–Trinajstić information content (AvgIpc) is 2.00. The molecule has 0 aromatic carbocycles. The highest BCUT2D eigenvalue weighted by molar-refractivity contribution is 5.10. The Morgan fingerprint density at radius 3 is 2.73 bits per heavy atom. The molecule has 0 spiro atoms. The number of hydrogen-bond donors (Lipinski definition) is 2. The molecule has 64 valence electrons. The van der Waals surface area contributed by atoms with Crippen molar-refractivity contribution in [1.29, 1.82) is 0 Å². The highest BCUT2D eigenvalue weighted by atomic mass is 16.3. The van der Waals surface area contributed by atoms with E-state index in [9.17, 15) is 10.2 Å². The zero-order valence-electron chi connectivity index (χ0n) is 7.12. The summed E-state index contributed by atoms with van der Waals surface area (Å²) in [6.07, 6.45) is 4.51. The quantitative estimate of drug-likeness (QED) is 0.558. The van der Waals surface area contributed by atoms with Crippen LogP contribution in [0.2, 0.25) is 0 Å². The van der Waals surface area contributed by atoms with Gasteiger partial charge in [-0.15, -0.1) is 0 Å². The molecule has 0 saturated carbocycles. The second-order valence-corrected chi connectivity index (χ2v) is 3.40. The van der Waals surface area contributed by atoms with Gasteiger partial charge < -0.3 is 10.2 Å². The lowest BCUT2D eigenvalue weighted by Crippen LogP contribution is -2.45. The summed E-state index contributed by atoms with van der Waals surface area (Å²) >= 11 is 0. The van der Waals surface area contributed by atoms with E-state index in [0.717, 1.165) is 6.42 Å². The van der Waals surface area contributed by atoms with Crippen molar-refractivity contribution in [3.63, 3.8) is 0 Å². The zero-order chi connectivity index (χ0) is 8.48. The lowest BCUT2D eigenvalue weighted by Gasteiger charge is -2.35. The first-order valence-electron chi connectivity index (χ1n) is 4.18. The van der Waals surface area contributed by atoms with Crippen molar-refractivity contribution >= 4 is 0 Å². The lowest BCUT2D eigenvalue weighted by molar-refractivity contribution is -0.0724. The van der Waals surface area contributed by atoms with Gasteiger partial charge in [0, 0.05) is 0 Å². The summed E-state index contributed by atoms with van der Waals surface area (Å²) in [4.78, 5) is 0. The van der Waals surface area contributed by atoms with E-state index in [2.05, 4.69) is 0 Å². The molecule has 2 nitrogen and oxygen atoms in total. The molecule has 2 heteroatoms. The summed E-state index contributed by atoms with van der Waals surface area (Å²) in [5.41, 5.74) is -0.975. The highest BCUT2D eigenvalue weighted by Gasteiger charge is 2.36. The van der Waals surface area contributed by atoms with Gasteiger partial charge in [-0.3, -0.25) is 0 Å². The van der Waals surface area contributed by atoms with Gasteiger partial charge in [0.25, 0.3) is 0 Å². The van der Waals surface area contributed by atoms with Crippen molar-refractivity contribution < 1.29 is 10.2 Å². The van der Waals surface area contributed by atoms with Crippen molar-refractivity contribution in [3.05, 3.63) is 12.2 Å². The van der Waals surface area contributed by atoms with Crippen molar-refractivity contribution in [3.8, 4) is 0 Å². The van der Waals surface area contributed by atoms with Gasteiger partial charge in [0.2, 0.25) is 0 Å². The first-order valence-corrected chi connectivity index (χ1v) is 4.18. The summed E-state index contributed by atoms with van der Waals surface area (Å²) in [5.74, 6) is 0.171. The SMILES string of the molecule is CCC1(O)C=CCC(C)C1O. The molecule has 0 aliphatic heterocycles. The molecule has 0 bridgehead atoms. The first-order chi connectivity index (χ1) is 5.10. The molecule has 0 aromatic rings. The van der Waals surface area contributed by atoms with Crippen LogP contribution in [-0.2, 0) is 0 Å². The van der Waals surface area contributed by atoms with Crippen LogP contribution in [0.25, 0.3) is 0 Å². The minimum atomic E-state index is -0.975. The molecule has 0 fully saturated rings. The third-order valence-corrected chi connectivity index (χ3v) is 2.53. The normalized spacial score (nSPS) is 44.4. The Balaban J connectivity index is 2.79. The maximum atomic E-state index is 9.78. The Morgan fingerprint density at radius 1 is 1.64 bits per heavy atom. The van der Waals surface area contributed by atoms with Crippen molar-refractivity contribution in [1.82, 2.24) is 0 Å². The monoisotopic (exact) mass is 156 g/mol. The van der Waals surface area contributed by atoms with Gasteiger partial charge in [0.15, 0.2) is 0 Å². The van der Waals surface area contributed by atoms with Crippen molar-refractivity contribution in [2.75, 3.05) is 0 Å². The Labute approximate surface area is 67.6 Å². The minimum Gasteiger partial charge on any atom is -0.389 e. The van der Waals surface area contributed by atoms with E-state index >= 15 is 0 Å². The standard InChI is InChI=1S/C9H16O2/c1-3-9(11)6-4-5-7(2)8(9)10/h4,6-8,10-11H,3,5H2,1-2H3. The van der Waals surface area contributed by atoms with E-state index in [0.29, 0.717) is 6.42 Å². The molecule has 3 unspecified atom stereocenters. The first kappa shape index (κ1) is 8.75. The lowest BCUT2D eigenvalue weighted by atomic mass is 9.80. The number of rotatable bonds is 1. The molecule has 0 aromatic heterocycles. The van der Waals surface area contributed by atoms with Crippen LogP contribution < -0.4 is 0 Å². The van der Waals surface area contributed by atoms with Gasteiger partial charge in [0.05, 0.1) is 6.10 Å². The Bertz CT molecular complexity index is 165. The minimum absolute atomic E-state index is 0.171. The summed E-state index contributed by atoms with van der Waals surface area (Å²) in [6.45, 7) is 3.83. The molecule has 0 saturated heterocycles. The number of hydrogen-bond acceptors (Lipinski definition) is 2. The molecule has 11 heavy (non-hydrogen) atoms. The molecule has 1 aliphatic carbocycles. The van der Waals surface area contributed by atoms with E-state index in [1.807, 2.05) is 19.9 Å². The Kier molecular flexibility index (Phi) is 2.35. The van der Waals surface area contributed by atoms with Gasteiger partial charge in [0.1, 0.15) is 5.60 Å². The molecular formula is C9H16O2. The van der Waals surface area contributed by atoms with Gasteiger partial charge in [-0.1, -0.05) is 26.0 Å². The molecule has 1 rings (SSSR count). The van der Waals surface area contributed by atoms with Crippen LogP contribution in [0, 0.1) is 5.92 Å². The Hall–Kier alpha value is -0.340. The summed E-state index contributed by atoms with van der Waals surface area (Å²) < 4.78 is 0. The fraction of sp³-hybridized carbons (Fsp3) is 0.778. The summed E-state index contributed by atoms with van der Waals surface area (Å²) in [5, 5.41) is 19.4. The predicted octanol–water partition coefficient (Wildman–Crippen LogP) is 1.08. The van der Waals surface area contributed by atoms with Crippen molar-refractivity contribution in [2.24, 2.45) is 5.92 Å². The Morgan fingerprint density at radius 2 is 2.27 bits per heavy atom. The average molecular weight is 156 g/mol. The topological polar surface area (TPSA) is 40.5 Å². The van der Waals surface area contributed by atoms with E-state index in [-0.39, 0.29) is 5.92 Å². The van der Waals surface area contributed by atoms with Crippen LogP contribution in [0.4, 0.5) is 0 Å². The second-order valence-electron chi connectivity index (χ2n) is 3.40. The second kappa shape index (κ2) is 2.95. The van der Waals surface area contributed by atoms with Gasteiger partial charge in [-0.25, -0.2) is 0 Å². The van der Waals surface area contributed by atoms with Gasteiger partial charge in [-0.05, 0) is 18.8 Å². The summed E-state index contributed by atoms with van der Waals surface area (Å²) in [6, 6.07) is 0. The molecule has 2 N–H and O–H groups in total. The molecule has 0 radical (unpaired) electrons. The van der Waals surface area contributed by atoms with Crippen LogP contribution in [0.1, 0.15) is 26.7 Å². The highest BCUT2D eigenvalue weighted by Crippen LogP contribution is 2.29. The van der Waals surface area contributed by atoms with E-state index in [1.165, 1.54) is 0 Å². The fourth-order valence-electron chi connectivity index (χ4n) is 1.53. The van der Waals surface area contributed by atoms with Crippen LogP contribution in [0.15, 0.2) is 12.2 Å². The number of allylic oxidation sites excluding steroid dienone is 1. The van der Waals surface area contributed by atoms with E-state index in [4.69, 9.17) is 0 Å². The third kappa shape index (κ3) is 1.47. The molecule has 3 atom stereocenters. The van der Waals surface area contributed by atoms with E-state index in [1.54, 1.807) is 6.08 Å². The number of aliphatic hydroxyl groups is 2. The molecule has 0 amide bonds. The molecule has 0 heterocycles. The molecule has 1 aliphatic rings. The smallest absolute Gasteiger partial charge is 0.109 e. The predicted molar refractivity (Wildman–Crippen MR) is 44.2 cm³/mol. The maximum absolute atomic E-state index is 9.78. The van der Waals surface area contributed by atoms with Crippen LogP contribution in [0.3, 0.4) is 0 Å². The van der Waals surface area contributed by atoms with Crippen molar-refractivity contribution in [2.45, 2.75) is 38.4 Å². The van der Waals surface area contributed by atoms with Gasteiger partial charge in [-0.2, -0.15) is 0 Å². The largest absolute Gasteiger partial charge is 0.389 e.